The van der Waals surface area contributed by atoms with Crippen LogP contribution in [0.3, 0.4) is 0 Å². The molecule has 0 bridgehead atoms. The molecule has 0 aliphatic carbocycles. The summed E-state index contributed by atoms with van der Waals surface area (Å²) in [6.45, 7) is 8.85. The van der Waals surface area contributed by atoms with Crippen LogP contribution in [0.4, 0.5) is 5.69 Å². The van der Waals surface area contributed by atoms with Crippen LogP contribution in [0.5, 0.6) is 0 Å². The summed E-state index contributed by atoms with van der Waals surface area (Å²) in [5, 5.41) is 4.24. The number of halogens is 1. The van der Waals surface area contributed by atoms with Crippen LogP contribution < -0.4 is 11.1 Å². The number of hydrogen-bond donors (Lipinski definition) is 2. The number of rotatable bonds is 3. The van der Waals surface area contributed by atoms with Gasteiger partial charge in [0, 0.05) is 13.0 Å². The van der Waals surface area contributed by atoms with Gasteiger partial charge in [-0.25, -0.2) is 0 Å². The quantitative estimate of drug-likeness (QED) is 0.893. The molecule has 1 saturated heterocycles. The largest absolute Gasteiger partial charge is 0.374 e. The second-order valence-corrected chi connectivity index (χ2v) is 6.85. The third-order valence-corrected chi connectivity index (χ3v) is 4.34. The number of anilines is 1. The van der Waals surface area contributed by atoms with E-state index in [9.17, 15) is 0 Å². The van der Waals surface area contributed by atoms with Crippen molar-refractivity contribution < 1.29 is 4.74 Å². The van der Waals surface area contributed by atoms with Crippen molar-refractivity contribution in [2.24, 2.45) is 5.73 Å². The van der Waals surface area contributed by atoms with Crippen molar-refractivity contribution in [1.29, 1.82) is 0 Å². The van der Waals surface area contributed by atoms with Crippen LogP contribution in [0.1, 0.15) is 34.1 Å². The first-order valence-corrected chi connectivity index (χ1v) is 7.02. The summed E-state index contributed by atoms with van der Waals surface area (Å²) >= 11 is 6.24. The molecule has 3 N–H and O–H groups in total. The molecule has 1 fully saturated rings. The fourth-order valence-electron chi connectivity index (χ4n) is 3.15. The van der Waals surface area contributed by atoms with Crippen LogP contribution >= 0.6 is 11.6 Å². The normalized spacial score (nSPS) is 28.3. The summed E-state index contributed by atoms with van der Waals surface area (Å²) in [6, 6.07) is 7.73. The lowest BCUT2D eigenvalue weighted by atomic mass is 9.78. The minimum absolute atomic E-state index is 0.197. The van der Waals surface area contributed by atoms with E-state index in [1.54, 1.807) is 0 Å². The second-order valence-electron chi connectivity index (χ2n) is 6.44. The summed E-state index contributed by atoms with van der Waals surface area (Å²) in [5.74, 6) is 0. The molecule has 0 saturated carbocycles. The first-order chi connectivity index (χ1) is 8.71. The van der Waals surface area contributed by atoms with Crippen LogP contribution in [0, 0.1) is 0 Å². The van der Waals surface area contributed by atoms with Gasteiger partial charge in [0.2, 0.25) is 0 Å². The van der Waals surface area contributed by atoms with E-state index in [2.05, 4.69) is 33.0 Å². The zero-order valence-electron chi connectivity index (χ0n) is 12.1. The molecule has 1 aliphatic rings. The van der Waals surface area contributed by atoms with Crippen molar-refractivity contribution in [2.75, 3.05) is 11.9 Å². The van der Waals surface area contributed by atoms with Crippen molar-refractivity contribution in [3.8, 4) is 0 Å². The maximum absolute atomic E-state index is 6.24. The monoisotopic (exact) mass is 282 g/mol. The predicted octanol–water partition coefficient (Wildman–Crippen LogP) is 3.43. The molecule has 1 heterocycles. The number of hydrogen-bond acceptors (Lipinski definition) is 3. The summed E-state index contributed by atoms with van der Waals surface area (Å²) in [5.41, 5.74) is 6.11. The molecule has 0 spiro atoms. The fraction of sp³-hybridized carbons (Fsp3) is 0.600. The predicted molar refractivity (Wildman–Crippen MR) is 80.7 cm³/mol. The van der Waals surface area contributed by atoms with E-state index in [-0.39, 0.29) is 16.7 Å². The third kappa shape index (κ3) is 2.60. The molecule has 3 nitrogen and oxygen atoms in total. The molecule has 2 rings (SSSR count). The van der Waals surface area contributed by atoms with Crippen LogP contribution in [-0.2, 0) is 4.74 Å². The Balaban J connectivity index is 2.37. The van der Waals surface area contributed by atoms with Crippen LogP contribution in [0.25, 0.3) is 0 Å². The summed E-state index contributed by atoms with van der Waals surface area (Å²) < 4.78 is 6.17. The molecule has 0 radical (unpaired) electrons. The molecule has 19 heavy (non-hydrogen) atoms. The van der Waals surface area contributed by atoms with Crippen molar-refractivity contribution in [3.05, 3.63) is 29.3 Å². The van der Waals surface area contributed by atoms with E-state index in [0.29, 0.717) is 11.6 Å². The average molecular weight is 283 g/mol. The molecule has 106 valence electrons. The standard InChI is InChI=1S/C15H23ClN2O/c1-13(2)9-15(10-17,14(3,4)19-13)18-12-8-6-5-7-11(12)16/h5-8,18H,9-10,17H2,1-4H3. The Bertz CT molecular complexity index is 473. The highest BCUT2D eigenvalue weighted by Gasteiger charge is 2.56. The maximum Gasteiger partial charge on any atom is 0.0875 e. The van der Waals surface area contributed by atoms with E-state index < -0.39 is 0 Å². The number of ether oxygens (including phenoxy) is 1. The fourth-order valence-corrected chi connectivity index (χ4v) is 3.33. The number of benzene rings is 1. The van der Waals surface area contributed by atoms with Gasteiger partial charge in [-0.05, 0) is 39.8 Å². The molecule has 1 atom stereocenters. The minimum Gasteiger partial charge on any atom is -0.374 e. The van der Waals surface area contributed by atoms with E-state index in [1.165, 1.54) is 0 Å². The van der Waals surface area contributed by atoms with Crippen molar-refractivity contribution in [2.45, 2.75) is 50.9 Å². The first-order valence-electron chi connectivity index (χ1n) is 6.64. The number of nitrogens with two attached hydrogens (primary N) is 1. The molecule has 1 unspecified atom stereocenters. The summed E-state index contributed by atoms with van der Waals surface area (Å²) in [7, 11) is 0. The summed E-state index contributed by atoms with van der Waals surface area (Å²) in [4.78, 5) is 0. The van der Waals surface area contributed by atoms with Crippen molar-refractivity contribution in [1.82, 2.24) is 0 Å². The van der Waals surface area contributed by atoms with Gasteiger partial charge in [0.25, 0.3) is 0 Å². The molecular weight excluding hydrogens is 260 g/mol. The number of para-hydroxylation sites is 1. The average Bonchev–Trinajstić information content (AvgIpc) is 2.47. The molecule has 0 amide bonds. The van der Waals surface area contributed by atoms with E-state index in [1.807, 2.05) is 24.3 Å². The van der Waals surface area contributed by atoms with Crippen LogP contribution in [0.15, 0.2) is 24.3 Å². The van der Waals surface area contributed by atoms with Crippen LogP contribution in [-0.4, -0.2) is 23.3 Å². The molecule has 1 aromatic carbocycles. The Labute approximate surface area is 120 Å². The lowest BCUT2D eigenvalue weighted by Gasteiger charge is -2.40. The Hall–Kier alpha value is -0.770. The molecule has 0 aromatic heterocycles. The Kier molecular flexibility index (Phi) is 3.58. The van der Waals surface area contributed by atoms with E-state index >= 15 is 0 Å². The highest BCUT2D eigenvalue weighted by atomic mass is 35.5. The van der Waals surface area contributed by atoms with Crippen LogP contribution in [0.2, 0.25) is 5.02 Å². The van der Waals surface area contributed by atoms with E-state index in [0.717, 1.165) is 12.1 Å². The van der Waals surface area contributed by atoms with Gasteiger partial charge in [-0.15, -0.1) is 0 Å². The summed E-state index contributed by atoms with van der Waals surface area (Å²) in [6.07, 6.45) is 0.842. The smallest absolute Gasteiger partial charge is 0.0875 e. The molecule has 1 aromatic rings. The minimum atomic E-state index is -0.357. The Morgan fingerprint density at radius 1 is 1.26 bits per heavy atom. The zero-order valence-corrected chi connectivity index (χ0v) is 12.8. The van der Waals surface area contributed by atoms with Gasteiger partial charge in [0.1, 0.15) is 0 Å². The van der Waals surface area contributed by atoms with E-state index in [4.69, 9.17) is 22.1 Å². The van der Waals surface area contributed by atoms with Gasteiger partial charge in [-0.1, -0.05) is 23.7 Å². The van der Waals surface area contributed by atoms with Gasteiger partial charge >= 0.3 is 0 Å². The lowest BCUT2D eigenvalue weighted by molar-refractivity contribution is -0.0753. The highest BCUT2D eigenvalue weighted by molar-refractivity contribution is 6.33. The van der Waals surface area contributed by atoms with Gasteiger partial charge in [0.05, 0.1) is 27.5 Å². The van der Waals surface area contributed by atoms with Crippen molar-refractivity contribution in [3.63, 3.8) is 0 Å². The van der Waals surface area contributed by atoms with Gasteiger partial charge < -0.3 is 15.8 Å². The zero-order chi connectivity index (χ0) is 14.3. The SMILES string of the molecule is CC1(C)CC(CN)(Nc2ccccc2Cl)C(C)(C)O1. The second kappa shape index (κ2) is 4.65. The third-order valence-electron chi connectivity index (χ3n) is 4.01. The lowest BCUT2D eigenvalue weighted by Crippen LogP contribution is -2.57. The van der Waals surface area contributed by atoms with Gasteiger partial charge in [-0.3, -0.25) is 0 Å². The highest BCUT2D eigenvalue weighted by Crippen LogP contribution is 2.46. The topological polar surface area (TPSA) is 47.3 Å². The molecular formula is C15H23ClN2O. The first kappa shape index (κ1) is 14.6. The number of nitrogens with one attached hydrogen (secondary N) is 1. The van der Waals surface area contributed by atoms with Crippen molar-refractivity contribution >= 4 is 17.3 Å². The van der Waals surface area contributed by atoms with Gasteiger partial charge in [0.15, 0.2) is 0 Å². The maximum atomic E-state index is 6.24. The Morgan fingerprint density at radius 3 is 2.37 bits per heavy atom. The molecule has 4 heteroatoms. The van der Waals surface area contributed by atoms with Gasteiger partial charge in [-0.2, -0.15) is 0 Å². The molecule has 1 aliphatic heterocycles. The Morgan fingerprint density at radius 2 is 1.89 bits per heavy atom.